The smallest absolute Gasteiger partial charge is 0.517 e. The Kier molecular flexibility index (Phi) is 4.77. The van der Waals surface area contributed by atoms with Gasteiger partial charge in [0.15, 0.2) is 0 Å². The van der Waals surface area contributed by atoms with Crippen molar-refractivity contribution in [1.29, 1.82) is 0 Å². The van der Waals surface area contributed by atoms with E-state index in [4.69, 9.17) is 28.8 Å². The van der Waals surface area contributed by atoms with Gasteiger partial charge in [-0.3, -0.25) is 0 Å². The first-order chi connectivity index (χ1) is 9.01. The summed E-state index contributed by atoms with van der Waals surface area (Å²) >= 11 is 0. The van der Waals surface area contributed by atoms with E-state index >= 15 is 0 Å². The zero-order valence-electron chi connectivity index (χ0n) is 10.2. The van der Waals surface area contributed by atoms with Gasteiger partial charge < -0.3 is 44.2 Å². The number of hydrogen-bond acceptors (Lipinski definition) is 9. The zero-order chi connectivity index (χ0) is 14.0. The fourth-order valence-corrected chi connectivity index (χ4v) is 2.03. The van der Waals surface area contributed by atoms with Crippen molar-refractivity contribution < 1.29 is 44.2 Å². The van der Waals surface area contributed by atoms with Crippen molar-refractivity contribution in [3.63, 3.8) is 0 Å². The highest BCUT2D eigenvalue weighted by molar-refractivity contribution is 6.54. The average Bonchev–Trinajstić information content (AvgIpc) is 3.04. The monoisotopic (exact) mass is 281 g/mol. The van der Waals surface area contributed by atoms with Crippen LogP contribution in [0.4, 0.5) is 0 Å². The van der Waals surface area contributed by atoms with E-state index < -0.39 is 44.1 Å². The van der Waals surface area contributed by atoms with Crippen LogP contribution in [0.1, 0.15) is 0 Å². The Morgan fingerprint density at radius 2 is 1.74 bits per heavy atom. The van der Waals surface area contributed by atoms with Gasteiger partial charge in [0.25, 0.3) is 0 Å². The van der Waals surface area contributed by atoms with Crippen molar-refractivity contribution in [3.05, 3.63) is 0 Å². The van der Waals surface area contributed by atoms with E-state index in [1.165, 1.54) is 0 Å². The number of rotatable bonds is 5. The first-order valence-electron chi connectivity index (χ1n) is 6.03. The summed E-state index contributed by atoms with van der Waals surface area (Å²) in [5.41, 5.74) is 0. The minimum Gasteiger partial charge on any atom is -0.517 e. The Morgan fingerprint density at radius 1 is 1.05 bits per heavy atom. The molecule has 0 saturated carbocycles. The summed E-state index contributed by atoms with van der Waals surface area (Å²) in [6.07, 6.45) is -6.07. The Bertz CT molecular complexity index is 305. The summed E-state index contributed by atoms with van der Waals surface area (Å²) in [6, 6.07) is 0. The van der Waals surface area contributed by atoms with Crippen molar-refractivity contribution in [3.8, 4) is 0 Å². The van der Waals surface area contributed by atoms with E-state index in [9.17, 15) is 15.3 Å². The minimum atomic E-state index is -2.49. The lowest BCUT2D eigenvalue weighted by Gasteiger charge is -2.31. The van der Waals surface area contributed by atoms with Crippen LogP contribution in [-0.2, 0) is 18.6 Å². The highest BCUT2D eigenvalue weighted by Crippen LogP contribution is 2.30. The molecule has 0 bridgehead atoms. The van der Waals surface area contributed by atoms with Crippen LogP contribution in [-0.4, -0.2) is 89.4 Å². The fourth-order valence-electron chi connectivity index (χ4n) is 2.03. The first-order valence-corrected chi connectivity index (χ1v) is 6.03. The summed E-state index contributed by atoms with van der Waals surface area (Å²) < 4.78 is 20.9. The first kappa shape index (κ1) is 15.1. The normalized spacial score (nSPS) is 39.6. The van der Waals surface area contributed by atoms with Crippen LogP contribution in [0.2, 0.25) is 0 Å². The molecule has 0 aliphatic carbocycles. The van der Waals surface area contributed by atoms with Gasteiger partial charge in [0, 0.05) is 13.2 Å². The van der Waals surface area contributed by atoms with Crippen molar-refractivity contribution >= 4 is 6.96 Å². The summed E-state index contributed by atoms with van der Waals surface area (Å²) in [6.45, 7) is -3.44. The second-order valence-electron chi connectivity index (χ2n) is 4.59. The molecule has 0 amide bonds. The maximum Gasteiger partial charge on any atom is 0.532 e. The molecule has 112 valence electrons. The molecule has 6 atom stereocenters. The third-order valence-corrected chi connectivity index (χ3v) is 3.17. The third kappa shape index (κ3) is 3.07. The van der Waals surface area contributed by atoms with E-state index in [0.29, 0.717) is 0 Å². The quantitative estimate of drug-likeness (QED) is 0.322. The van der Waals surface area contributed by atoms with Gasteiger partial charge in [-0.05, 0) is 0 Å². The van der Waals surface area contributed by atoms with Crippen molar-refractivity contribution in [2.24, 2.45) is 0 Å². The molecule has 5 N–H and O–H groups in total. The molecule has 2 heterocycles. The van der Waals surface area contributed by atoms with Gasteiger partial charge in [-0.1, -0.05) is 0 Å². The van der Waals surface area contributed by atoms with Crippen LogP contribution < -0.4 is 0 Å². The number of hydrogen-bond donors (Lipinski definition) is 5. The number of aliphatic hydroxyl groups is 5. The molecule has 2 aliphatic rings. The lowest BCUT2D eigenvalue weighted by atomic mass is 10.0. The van der Waals surface area contributed by atoms with Gasteiger partial charge >= 0.3 is 6.96 Å². The van der Waals surface area contributed by atoms with Crippen LogP contribution in [0.3, 0.4) is 0 Å². The largest absolute Gasteiger partial charge is 0.532 e. The second-order valence-corrected chi connectivity index (χ2v) is 4.59. The Hall–Kier alpha value is -0.295. The molecule has 6 unspecified atom stereocenters. The van der Waals surface area contributed by atoms with Gasteiger partial charge in [0.2, 0.25) is 0 Å². The average molecular weight is 281 g/mol. The molecule has 0 radical (unpaired) electrons. The van der Waals surface area contributed by atoms with Gasteiger partial charge in [-0.25, -0.2) is 0 Å². The zero-order valence-corrected chi connectivity index (χ0v) is 10.2. The van der Waals surface area contributed by atoms with Gasteiger partial charge in [-0.15, -0.1) is 0 Å². The molecule has 19 heavy (non-hydrogen) atoms. The standard InChI is InChI=1S/C9H18BO9/c11-1-5-3-16-10(18-5)17-4-7(19-10)9(15)8(14)6(13)2-12/h5-9,11-15H,1-4H2/q-1. The van der Waals surface area contributed by atoms with Gasteiger partial charge in [0.1, 0.15) is 18.3 Å². The Labute approximate surface area is 109 Å². The van der Waals surface area contributed by atoms with E-state index in [-0.39, 0.29) is 19.8 Å². The summed E-state index contributed by atoms with van der Waals surface area (Å²) in [5.74, 6) is 0. The summed E-state index contributed by atoms with van der Waals surface area (Å²) in [5, 5.41) is 46.2. The molecule has 2 saturated heterocycles. The molecule has 10 heteroatoms. The molecular formula is C9H18BO9-. The lowest BCUT2D eigenvalue weighted by Crippen LogP contribution is -2.48. The molecule has 0 aromatic heterocycles. The molecule has 2 fully saturated rings. The SMILES string of the molecule is OCC1CO[B-]2(OCC(C(O)C(O)C(O)CO)O2)O1. The molecule has 1 spiro atoms. The third-order valence-electron chi connectivity index (χ3n) is 3.17. The van der Waals surface area contributed by atoms with Crippen LogP contribution in [0.25, 0.3) is 0 Å². The van der Waals surface area contributed by atoms with Crippen molar-refractivity contribution in [1.82, 2.24) is 0 Å². The second kappa shape index (κ2) is 6.00. The van der Waals surface area contributed by atoms with Crippen LogP contribution >= 0.6 is 0 Å². The Balaban J connectivity index is 1.91. The summed E-state index contributed by atoms with van der Waals surface area (Å²) in [7, 11) is 0. The Morgan fingerprint density at radius 3 is 2.32 bits per heavy atom. The molecule has 2 rings (SSSR count). The highest BCUT2D eigenvalue weighted by Gasteiger charge is 2.49. The molecule has 9 nitrogen and oxygen atoms in total. The van der Waals surface area contributed by atoms with Crippen LogP contribution in [0.5, 0.6) is 0 Å². The van der Waals surface area contributed by atoms with Gasteiger partial charge in [0.05, 0.1) is 25.4 Å². The van der Waals surface area contributed by atoms with E-state index in [1.54, 1.807) is 0 Å². The van der Waals surface area contributed by atoms with Gasteiger partial charge in [-0.2, -0.15) is 0 Å². The maximum absolute atomic E-state index is 9.81. The van der Waals surface area contributed by atoms with Crippen LogP contribution in [0, 0.1) is 0 Å². The molecular weight excluding hydrogens is 263 g/mol. The number of aliphatic hydroxyl groups excluding tert-OH is 5. The maximum atomic E-state index is 9.81. The highest BCUT2D eigenvalue weighted by atomic mass is 16.9. The fraction of sp³-hybridized carbons (Fsp3) is 1.00. The molecule has 0 aromatic carbocycles. The van der Waals surface area contributed by atoms with E-state index in [1.807, 2.05) is 0 Å². The van der Waals surface area contributed by atoms with Crippen molar-refractivity contribution in [2.75, 3.05) is 26.4 Å². The topological polar surface area (TPSA) is 138 Å². The van der Waals surface area contributed by atoms with E-state index in [2.05, 4.69) is 0 Å². The molecule has 2 aliphatic heterocycles. The predicted octanol–water partition coefficient (Wildman–Crippen LogP) is -3.68. The predicted molar refractivity (Wildman–Crippen MR) is 59.6 cm³/mol. The lowest BCUT2D eigenvalue weighted by molar-refractivity contribution is -0.109. The van der Waals surface area contributed by atoms with E-state index in [0.717, 1.165) is 0 Å². The van der Waals surface area contributed by atoms with Crippen LogP contribution in [0.15, 0.2) is 0 Å². The summed E-state index contributed by atoms with van der Waals surface area (Å²) in [4.78, 5) is 0. The minimum absolute atomic E-state index is 0.0983. The molecule has 0 aromatic rings. The van der Waals surface area contributed by atoms with Crippen molar-refractivity contribution in [2.45, 2.75) is 30.5 Å².